The predicted octanol–water partition coefficient (Wildman–Crippen LogP) is 2.56. The Bertz CT molecular complexity index is 562. The molecule has 2 bridgehead atoms. The van der Waals surface area contributed by atoms with Gasteiger partial charge in [0.25, 0.3) is 11.8 Å². The van der Waals surface area contributed by atoms with Gasteiger partial charge in [0.2, 0.25) is 0 Å². The highest BCUT2D eigenvalue weighted by Crippen LogP contribution is 2.53. The molecule has 2 N–H and O–H groups in total. The largest absolute Gasteiger partial charge is 0.335 e. The number of fused-ring (bicyclic) bond motifs is 2. The first-order chi connectivity index (χ1) is 9.95. The second-order valence-corrected chi connectivity index (χ2v) is 5.79. The van der Waals surface area contributed by atoms with Crippen molar-refractivity contribution in [1.82, 2.24) is 10.6 Å². The molecule has 3 rings (SSSR count). The van der Waals surface area contributed by atoms with E-state index in [-0.39, 0.29) is 24.8 Å². The van der Waals surface area contributed by atoms with Gasteiger partial charge in [0, 0.05) is 23.9 Å². The zero-order chi connectivity index (χ0) is 15.0. The third kappa shape index (κ3) is 2.75. The Kier molecular flexibility index (Phi) is 3.39. The predicted molar refractivity (Wildman–Crippen MR) is 72.0 cm³/mol. The van der Waals surface area contributed by atoms with Crippen LogP contribution in [0.25, 0.3) is 0 Å². The van der Waals surface area contributed by atoms with E-state index in [4.69, 9.17) is 0 Å². The topological polar surface area (TPSA) is 58.2 Å². The Morgan fingerprint density at radius 1 is 1.14 bits per heavy atom. The molecular formula is C15H16F2N2O2. The van der Waals surface area contributed by atoms with Gasteiger partial charge in [0.1, 0.15) is 0 Å². The van der Waals surface area contributed by atoms with Crippen molar-refractivity contribution in [3.8, 4) is 0 Å². The maximum atomic E-state index is 13.4. The van der Waals surface area contributed by atoms with Crippen LogP contribution in [0, 0.1) is 11.8 Å². The molecule has 112 valence electrons. The van der Waals surface area contributed by atoms with Crippen LogP contribution in [-0.2, 0) is 0 Å². The normalized spacial score (nSPS) is 29.1. The number of rotatable bonds is 2. The molecule has 2 aliphatic rings. The Morgan fingerprint density at radius 2 is 1.86 bits per heavy atom. The van der Waals surface area contributed by atoms with Crippen molar-refractivity contribution in [2.75, 3.05) is 0 Å². The van der Waals surface area contributed by atoms with Crippen molar-refractivity contribution in [1.29, 1.82) is 0 Å². The molecule has 4 nitrogen and oxygen atoms in total. The second kappa shape index (κ2) is 5.09. The summed E-state index contributed by atoms with van der Waals surface area (Å²) < 4.78 is 26.8. The molecule has 0 unspecified atom stereocenters. The van der Waals surface area contributed by atoms with Crippen LogP contribution >= 0.6 is 0 Å². The highest BCUT2D eigenvalue weighted by atomic mass is 19.3. The van der Waals surface area contributed by atoms with Gasteiger partial charge in [0.05, 0.1) is 0 Å². The lowest BCUT2D eigenvalue weighted by molar-refractivity contribution is -0.0558. The molecule has 0 aromatic heterocycles. The van der Waals surface area contributed by atoms with Gasteiger partial charge in [0.15, 0.2) is 0 Å². The smallest absolute Gasteiger partial charge is 0.321 e. The summed E-state index contributed by atoms with van der Waals surface area (Å²) in [6.07, 6.45) is 0.560. The van der Waals surface area contributed by atoms with E-state index in [2.05, 4.69) is 10.6 Å². The number of amides is 3. The van der Waals surface area contributed by atoms with E-state index in [0.717, 1.165) is 0 Å². The minimum absolute atomic E-state index is 0.171. The van der Waals surface area contributed by atoms with Crippen molar-refractivity contribution >= 4 is 11.9 Å². The number of carbonyl (C=O) groups is 2. The first-order valence-corrected chi connectivity index (χ1v) is 7.00. The van der Waals surface area contributed by atoms with Gasteiger partial charge in [-0.1, -0.05) is 18.2 Å². The lowest BCUT2D eigenvalue weighted by Gasteiger charge is -2.28. The van der Waals surface area contributed by atoms with Gasteiger partial charge in [-0.2, -0.15) is 0 Å². The Labute approximate surface area is 120 Å². The average molecular weight is 294 g/mol. The molecule has 0 saturated heterocycles. The van der Waals surface area contributed by atoms with Crippen LogP contribution in [-0.4, -0.2) is 23.9 Å². The summed E-state index contributed by atoms with van der Waals surface area (Å²) in [6, 6.07) is 7.48. The molecule has 3 atom stereocenters. The number of nitrogens with one attached hydrogen (secondary N) is 2. The summed E-state index contributed by atoms with van der Waals surface area (Å²) in [5, 5.41) is 4.87. The Balaban J connectivity index is 1.53. The van der Waals surface area contributed by atoms with Crippen molar-refractivity contribution in [2.24, 2.45) is 11.8 Å². The summed E-state index contributed by atoms with van der Waals surface area (Å²) >= 11 is 0. The van der Waals surface area contributed by atoms with Gasteiger partial charge in [-0.05, 0) is 30.9 Å². The minimum atomic E-state index is -2.60. The second-order valence-electron chi connectivity index (χ2n) is 5.79. The highest BCUT2D eigenvalue weighted by Gasteiger charge is 2.56. The van der Waals surface area contributed by atoms with Gasteiger partial charge in [-0.15, -0.1) is 0 Å². The van der Waals surface area contributed by atoms with Gasteiger partial charge in [-0.3, -0.25) is 10.1 Å². The fourth-order valence-electron chi connectivity index (χ4n) is 3.36. The van der Waals surface area contributed by atoms with E-state index < -0.39 is 23.8 Å². The minimum Gasteiger partial charge on any atom is -0.335 e. The number of benzene rings is 1. The molecule has 2 saturated carbocycles. The maximum absolute atomic E-state index is 13.4. The number of hydrogen-bond acceptors (Lipinski definition) is 2. The number of hydrogen-bond donors (Lipinski definition) is 2. The molecular weight excluding hydrogens is 278 g/mol. The van der Waals surface area contributed by atoms with E-state index in [0.29, 0.717) is 12.0 Å². The number of carbonyl (C=O) groups excluding carboxylic acids is 2. The van der Waals surface area contributed by atoms with Crippen LogP contribution < -0.4 is 10.6 Å². The molecule has 0 heterocycles. The van der Waals surface area contributed by atoms with Crippen molar-refractivity contribution in [3.05, 3.63) is 35.9 Å². The van der Waals surface area contributed by atoms with E-state index >= 15 is 0 Å². The Hall–Kier alpha value is -1.98. The quantitative estimate of drug-likeness (QED) is 0.880. The van der Waals surface area contributed by atoms with Crippen LogP contribution in [0.5, 0.6) is 0 Å². The van der Waals surface area contributed by atoms with E-state index in [9.17, 15) is 18.4 Å². The highest BCUT2D eigenvalue weighted by molar-refractivity contribution is 6.04. The molecule has 3 amide bonds. The van der Waals surface area contributed by atoms with Crippen LogP contribution in [0.2, 0.25) is 0 Å². The molecule has 2 aliphatic carbocycles. The summed E-state index contributed by atoms with van der Waals surface area (Å²) in [6.45, 7) is 0. The van der Waals surface area contributed by atoms with Crippen LogP contribution in [0.3, 0.4) is 0 Å². The van der Waals surface area contributed by atoms with Crippen molar-refractivity contribution < 1.29 is 18.4 Å². The fraction of sp³-hybridized carbons (Fsp3) is 0.467. The maximum Gasteiger partial charge on any atom is 0.321 e. The number of imide groups is 1. The molecule has 6 heteroatoms. The molecule has 0 aliphatic heterocycles. The van der Waals surface area contributed by atoms with Crippen LogP contribution in [0.15, 0.2) is 30.3 Å². The third-order valence-electron chi connectivity index (χ3n) is 4.41. The Morgan fingerprint density at radius 3 is 2.43 bits per heavy atom. The van der Waals surface area contributed by atoms with E-state index in [1.54, 1.807) is 30.3 Å². The molecule has 0 radical (unpaired) electrons. The monoisotopic (exact) mass is 294 g/mol. The summed E-state index contributed by atoms with van der Waals surface area (Å²) in [7, 11) is 0. The summed E-state index contributed by atoms with van der Waals surface area (Å²) in [5.41, 5.74) is 0.382. The number of urea groups is 1. The molecule has 1 aromatic rings. The zero-order valence-electron chi connectivity index (χ0n) is 11.3. The van der Waals surface area contributed by atoms with E-state index in [1.807, 2.05) is 0 Å². The van der Waals surface area contributed by atoms with Crippen LogP contribution in [0.4, 0.5) is 13.6 Å². The number of halogens is 2. The van der Waals surface area contributed by atoms with Crippen molar-refractivity contribution in [2.45, 2.75) is 31.2 Å². The van der Waals surface area contributed by atoms with Gasteiger partial charge in [-0.25, -0.2) is 13.6 Å². The molecule has 1 aromatic carbocycles. The fourth-order valence-corrected chi connectivity index (χ4v) is 3.36. The lowest BCUT2D eigenvalue weighted by atomic mass is 9.92. The molecule has 0 spiro atoms. The summed E-state index contributed by atoms with van der Waals surface area (Å²) in [5.74, 6) is -3.93. The standard InChI is InChI=1S/C15H16F2N2O2/c16-15(17)8-10-6-11(15)7-12(10)18-14(21)19-13(20)9-4-2-1-3-5-9/h1-5,10-12H,6-8H2,(H2,18,19,20,21)/t10-,11-,12+/m1/s1. The van der Waals surface area contributed by atoms with Crippen LogP contribution in [0.1, 0.15) is 29.6 Å². The van der Waals surface area contributed by atoms with E-state index in [1.165, 1.54) is 0 Å². The SMILES string of the molecule is O=C(NC(=O)c1ccccc1)N[C@H]1C[C@H]2C[C@@H]1CC2(F)F. The van der Waals surface area contributed by atoms with Gasteiger partial charge >= 0.3 is 6.03 Å². The summed E-state index contributed by atoms with van der Waals surface area (Å²) in [4.78, 5) is 23.6. The molecule has 2 fully saturated rings. The van der Waals surface area contributed by atoms with Crippen molar-refractivity contribution in [3.63, 3.8) is 0 Å². The third-order valence-corrected chi connectivity index (χ3v) is 4.41. The number of alkyl halides is 2. The molecule has 21 heavy (non-hydrogen) atoms. The zero-order valence-corrected chi connectivity index (χ0v) is 11.3. The average Bonchev–Trinajstić information content (AvgIpc) is 2.95. The first kappa shape index (κ1) is 14.0. The van der Waals surface area contributed by atoms with Gasteiger partial charge < -0.3 is 5.32 Å². The first-order valence-electron chi connectivity index (χ1n) is 7.00. The lowest BCUT2D eigenvalue weighted by Crippen LogP contribution is -2.48.